The van der Waals surface area contributed by atoms with Crippen molar-refractivity contribution in [3.63, 3.8) is 0 Å². The van der Waals surface area contributed by atoms with Gasteiger partial charge in [0.1, 0.15) is 5.82 Å². The molecule has 8 nitrogen and oxygen atoms in total. The van der Waals surface area contributed by atoms with Crippen LogP contribution in [0.5, 0.6) is 0 Å². The Labute approximate surface area is 200 Å². The second kappa shape index (κ2) is 13.1. The van der Waals surface area contributed by atoms with E-state index in [1.54, 1.807) is 31.6 Å². The number of morpholine rings is 1. The predicted octanol–water partition coefficient (Wildman–Crippen LogP) is 4.72. The lowest BCUT2D eigenvalue weighted by Gasteiger charge is -2.29. The first-order chi connectivity index (χ1) is 16.7. The summed E-state index contributed by atoms with van der Waals surface area (Å²) in [5.74, 6) is 0.953. The molecule has 0 saturated carbocycles. The highest BCUT2D eigenvalue weighted by Crippen LogP contribution is 2.31. The van der Waals surface area contributed by atoms with E-state index in [2.05, 4.69) is 20.2 Å². The van der Waals surface area contributed by atoms with E-state index in [1.807, 2.05) is 50.2 Å². The molecule has 0 amide bonds. The second-order valence-corrected chi connectivity index (χ2v) is 7.11. The van der Waals surface area contributed by atoms with E-state index in [-0.39, 0.29) is 5.97 Å². The maximum Gasteiger partial charge on any atom is 0.330 e. The lowest BCUT2D eigenvalue weighted by molar-refractivity contribution is -0.137. The third-order valence-corrected chi connectivity index (χ3v) is 4.88. The van der Waals surface area contributed by atoms with Crippen LogP contribution < -0.4 is 10.2 Å². The number of nitrogens with zero attached hydrogens (tertiary/aromatic N) is 4. The summed E-state index contributed by atoms with van der Waals surface area (Å²) in [5.41, 5.74) is 3.43. The Bertz CT molecular complexity index is 1080. The minimum atomic E-state index is -0.383. The number of aromatic nitrogens is 3. The molecule has 1 aliphatic rings. The van der Waals surface area contributed by atoms with Crippen LogP contribution in [0.1, 0.15) is 26.3 Å². The molecule has 1 saturated heterocycles. The number of ether oxygens (including phenoxy) is 2. The Morgan fingerprint density at radius 1 is 1.15 bits per heavy atom. The summed E-state index contributed by atoms with van der Waals surface area (Å²) in [4.78, 5) is 27.5. The van der Waals surface area contributed by atoms with E-state index in [4.69, 9.17) is 14.5 Å². The van der Waals surface area contributed by atoms with Gasteiger partial charge in [0.05, 0.1) is 19.8 Å². The first-order valence-corrected chi connectivity index (χ1v) is 11.5. The largest absolute Gasteiger partial charge is 0.463 e. The van der Waals surface area contributed by atoms with Crippen molar-refractivity contribution in [1.82, 2.24) is 15.0 Å². The van der Waals surface area contributed by atoms with Gasteiger partial charge in [0, 0.05) is 54.6 Å². The number of pyridine rings is 1. The van der Waals surface area contributed by atoms with Crippen LogP contribution in [-0.4, -0.2) is 53.8 Å². The van der Waals surface area contributed by atoms with Gasteiger partial charge in [-0.25, -0.2) is 9.78 Å². The number of carbonyl (C=O) groups excluding carboxylic acids is 1. The number of esters is 1. The molecule has 1 aromatic carbocycles. The first-order valence-electron chi connectivity index (χ1n) is 11.5. The van der Waals surface area contributed by atoms with Crippen molar-refractivity contribution in [1.29, 1.82) is 0 Å². The lowest BCUT2D eigenvalue weighted by atomic mass is 10.1. The van der Waals surface area contributed by atoms with Crippen molar-refractivity contribution in [2.75, 3.05) is 43.1 Å². The number of carbonyl (C=O) groups is 1. The molecule has 3 aromatic rings. The van der Waals surface area contributed by atoms with Crippen molar-refractivity contribution in [3.05, 3.63) is 66.6 Å². The van der Waals surface area contributed by atoms with Crippen molar-refractivity contribution in [3.8, 4) is 11.1 Å². The van der Waals surface area contributed by atoms with Crippen LogP contribution in [-0.2, 0) is 14.3 Å². The molecule has 0 atom stereocenters. The van der Waals surface area contributed by atoms with E-state index >= 15 is 0 Å². The zero-order valence-corrected chi connectivity index (χ0v) is 19.9. The minimum absolute atomic E-state index is 0.338. The molecular formula is C26H31N5O3. The zero-order chi connectivity index (χ0) is 24.2. The van der Waals surface area contributed by atoms with Gasteiger partial charge in [-0.15, -0.1) is 0 Å². The number of anilines is 3. The number of hydrogen-bond donors (Lipinski definition) is 1. The number of hydrogen-bond acceptors (Lipinski definition) is 8. The van der Waals surface area contributed by atoms with Crippen molar-refractivity contribution < 1.29 is 14.3 Å². The van der Waals surface area contributed by atoms with Gasteiger partial charge < -0.3 is 19.7 Å². The van der Waals surface area contributed by atoms with Crippen molar-refractivity contribution >= 4 is 29.5 Å². The Balaban J connectivity index is 0.00000158. The quantitative estimate of drug-likeness (QED) is 0.399. The van der Waals surface area contributed by atoms with Crippen molar-refractivity contribution in [2.24, 2.45) is 0 Å². The maximum atomic E-state index is 11.6. The molecule has 0 radical (unpaired) electrons. The molecule has 34 heavy (non-hydrogen) atoms. The van der Waals surface area contributed by atoms with E-state index in [0.29, 0.717) is 25.8 Å². The molecule has 2 aromatic heterocycles. The summed E-state index contributed by atoms with van der Waals surface area (Å²) in [5, 5.41) is 3.26. The number of rotatable bonds is 7. The normalized spacial score (nSPS) is 13.2. The summed E-state index contributed by atoms with van der Waals surface area (Å²) in [7, 11) is 0. The topological polar surface area (TPSA) is 89.5 Å². The van der Waals surface area contributed by atoms with Crippen molar-refractivity contribution in [2.45, 2.75) is 20.8 Å². The van der Waals surface area contributed by atoms with Gasteiger partial charge >= 0.3 is 5.97 Å². The summed E-state index contributed by atoms with van der Waals surface area (Å²) < 4.78 is 10.5. The average Bonchev–Trinajstić information content (AvgIpc) is 2.90. The third kappa shape index (κ3) is 6.86. The molecule has 178 valence electrons. The van der Waals surface area contributed by atoms with E-state index in [0.717, 1.165) is 41.3 Å². The van der Waals surface area contributed by atoms with Gasteiger partial charge in [0.15, 0.2) is 0 Å². The fraction of sp³-hybridized carbons (Fsp3) is 0.308. The monoisotopic (exact) mass is 461 g/mol. The predicted molar refractivity (Wildman–Crippen MR) is 135 cm³/mol. The second-order valence-electron chi connectivity index (χ2n) is 7.11. The average molecular weight is 462 g/mol. The maximum absolute atomic E-state index is 11.6. The van der Waals surface area contributed by atoms with Gasteiger partial charge in [0.25, 0.3) is 0 Å². The van der Waals surface area contributed by atoms with Gasteiger partial charge in [-0.3, -0.25) is 4.98 Å². The first kappa shape index (κ1) is 24.9. The summed E-state index contributed by atoms with van der Waals surface area (Å²) in [6.07, 6.45) is 8.36. The summed E-state index contributed by atoms with van der Waals surface area (Å²) in [6, 6.07) is 11.8. The van der Waals surface area contributed by atoms with Crippen LogP contribution in [0.3, 0.4) is 0 Å². The minimum Gasteiger partial charge on any atom is -0.463 e. The number of para-hydroxylation sites is 1. The number of benzene rings is 1. The lowest BCUT2D eigenvalue weighted by Crippen LogP contribution is -2.37. The molecular weight excluding hydrogens is 430 g/mol. The van der Waals surface area contributed by atoms with Crippen LogP contribution in [0, 0.1) is 0 Å². The SMILES string of the molecule is CC.CCOC(=O)/C=C/c1cncc(-c2cnc(Nc3ccccc3)nc2N2CCOCC2)c1. The van der Waals surface area contributed by atoms with E-state index in [1.165, 1.54) is 6.08 Å². The van der Waals surface area contributed by atoms with Crippen LogP contribution in [0.2, 0.25) is 0 Å². The van der Waals surface area contributed by atoms with Crippen LogP contribution >= 0.6 is 0 Å². The molecule has 0 unspecified atom stereocenters. The third-order valence-electron chi connectivity index (χ3n) is 4.88. The molecule has 1 aliphatic heterocycles. The molecule has 1 N–H and O–H groups in total. The highest BCUT2D eigenvalue weighted by Gasteiger charge is 2.19. The van der Waals surface area contributed by atoms with Crippen LogP contribution in [0.15, 0.2) is 61.1 Å². The number of nitrogens with one attached hydrogen (secondary N) is 1. The zero-order valence-electron chi connectivity index (χ0n) is 19.9. The Morgan fingerprint density at radius 3 is 2.65 bits per heavy atom. The molecule has 1 fully saturated rings. The molecule has 0 bridgehead atoms. The highest BCUT2D eigenvalue weighted by atomic mass is 16.5. The van der Waals surface area contributed by atoms with Crippen LogP contribution in [0.25, 0.3) is 17.2 Å². The molecule has 3 heterocycles. The van der Waals surface area contributed by atoms with Gasteiger partial charge in [0.2, 0.25) is 5.95 Å². The summed E-state index contributed by atoms with van der Waals surface area (Å²) >= 11 is 0. The van der Waals surface area contributed by atoms with Gasteiger partial charge in [-0.2, -0.15) is 4.98 Å². The van der Waals surface area contributed by atoms with E-state index in [9.17, 15) is 4.79 Å². The van der Waals surface area contributed by atoms with Crippen LogP contribution in [0.4, 0.5) is 17.5 Å². The summed E-state index contributed by atoms with van der Waals surface area (Å²) in [6.45, 7) is 8.88. The molecule has 4 rings (SSSR count). The fourth-order valence-electron chi connectivity index (χ4n) is 3.35. The van der Waals surface area contributed by atoms with Gasteiger partial charge in [-0.05, 0) is 36.8 Å². The Kier molecular flexibility index (Phi) is 9.54. The molecule has 8 heteroatoms. The molecule has 0 aliphatic carbocycles. The molecule has 0 spiro atoms. The smallest absolute Gasteiger partial charge is 0.330 e. The highest BCUT2D eigenvalue weighted by molar-refractivity contribution is 5.87. The van der Waals surface area contributed by atoms with Gasteiger partial charge in [-0.1, -0.05) is 32.0 Å². The standard InChI is InChI=1S/C24H25N5O3.C2H6/c1-2-32-22(30)9-8-18-14-19(16-25-15-18)21-17-26-24(27-20-6-4-3-5-7-20)28-23(21)29-10-12-31-13-11-29;1-2/h3-9,14-17H,2,10-13H2,1H3,(H,26,27,28);1-2H3/b9-8+;. The fourth-order valence-corrected chi connectivity index (χ4v) is 3.35. The Hall–Kier alpha value is -3.78. The van der Waals surface area contributed by atoms with E-state index < -0.39 is 0 Å². The Morgan fingerprint density at radius 2 is 1.91 bits per heavy atom.